The monoisotopic (exact) mass is 422 g/mol. The number of aromatic nitrogens is 3. The molecule has 1 atom stereocenters. The smallest absolute Gasteiger partial charge is 0.271 e. The van der Waals surface area contributed by atoms with Gasteiger partial charge in [0.2, 0.25) is 11.7 Å². The van der Waals surface area contributed by atoms with Gasteiger partial charge in [-0.25, -0.2) is 9.37 Å². The van der Waals surface area contributed by atoms with Crippen LogP contribution in [0.5, 0.6) is 0 Å². The first-order chi connectivity index (χ1) is 14.4. The summed E-state index contributed by atoms with van der Waals surface area (Å²) >= 11 is 1.42. The summed E-state index contributed by atoms with van der Waals surface area (Å²) in [7, 11) is 0. The van der Waals surface area contributed by atoms with Crippen molar-refractivity contribution in [1.29, 1.82) is 0 Å². The number of halogens is 1. The van der Waals surface area contributed by atoms with Crippen LogP contribution in [0.2, 0.25) is 0 Å². The Balaban J connectivity index is 1.46. The number of thiazole rings is 1. The summed E-state index contributed by atoms with van der Waals surface area (Å²) in [5, 5.41) is 9.25. The van der Waals surface area contributed by atoms with E-state index in [1.165, 1.54) is 29.0 Å². The van der Waals surface area contributed by atoms with Gasteiger partial charge in [0, 0.05) is 16.5 Å². The van der Waals surface area contributed by atoms with Crippen LogP contribution in [-0.2, 0) is 0 Å². The van der Waals surface area contributed by atoms with Crippen molar-refractivity contribution in [3.8, 4) is 22.0 Å². The standard InChI is InChI=1S/C22H19FN4O2S/c1-12-4-9-17(13(2)10-12)22-25-18(11-30-22)20(28)24-14(3)21-26-19(27-29-21)15-5-7-16(23)8-6-15/h4-11,14H,1-3H3,(H,24,28). The second-order valence-electron chi connectivity index (χ2n) is 7.01. The van der Waals surface area contributed by atoms with Crippen molar-refractivity contribution in [1.82, 2.24) is 20.4 Å². The summed E-state index contributed by atoms with van der Waals surface area (Å²) in [4.78, 5) is 21.4. The Kier molecular flexibility index (Phi) is 5.41. The molecule has 1 amide bonds. The number of rotatable bonds is 5. The van der Waals surface area contributed by atoms with E-state index in [-0.39, 0.29) is 17.6 Å². The molecule has 2 heterocycles. The summed E-state index contributed by atoms with van der Waals surface area (Å²) in [5.74, 6) is -0.0766. The molecule has 2 aromatic carbocycles. The van der Waals surface area contributed by atoms with Gasteiger partial charge in [-0.15, -0.1) is 11.3 Å². The molecule has 30 heavy (non-hydrogen) atoms. The molecule has 4 rings (SSSR count). The van der Waals surface area contributed by atoms with Gasteiger partial charge >= 0.3 is 0 Å². The van der Waals surface area contributed by atoms with E-state index in [1.54, 1.807) is 24.4 Å². The van der Waals surface area contributed by atoms with Crippen LogP contribution >= 0.6 is 11.3 Å². The average Bonchev–Trinajstić information content (AvgIpc) is 3.39. The van der Waals surface area contributed by atoms with Gasteiger partial charge in [0.15, 0.2) is 0 Å². The fraction of sp³-hybridized carbons (Fsp3) is 0.182. The summed E-state index contributed by atoms with van der Waals surface area (Å²) in [6.07, 6.45) is 0. The predicted octanol–water partition coefficient (Wildman–Crippen LogP) is 5.11. The molecule has 0 fully saturated rings. The highest BCUT2D eigenvalue weighted by Gasteiger charge is 2.20. The molecule has 0 saturated heterocycles. The SMILES string of the molecule is Cc1ccc(-c2nc(C(=O)NC(C)c3nc(-c4ccc(F)cc4)no3)cs2)c(C)c1. The minimum Gasteiger partial charge on any atom is -0.339 e. The van der Waals surface area contributed by atoms with E-state index in [2.05, 4.69) is 26.5 Å². The zero-order chi connectivity index (χ0) is 21.3. The molecule has 0 radical (unpaired) electrons. The van der Waals surface area contributed by atoms with Gasteiger partial charge in [-0.2, -0.15) is 4.98 Å². The van der Waals surface area contributed by atoms with Crippen LogP contribution in [0.4, 0.5) is 4.39 Å². The van der Waals surface area contributed by atoms with Crippen LogP contribution in [0.15, 0.2) is 52.4 Å². The molecule has 0 saturated carbocycles. The molecular formula is C22H19FN4O2S. The van der Waals surface area contributed by atoms with E-state index in [0.717, 1.165) is 16.1 Å². The Labute approximate surface area is 176 Å². The number of amides is 1. The average molecular weight is 422 g/mol. The minimum atomic E-state index is -0.509. The van der Waals surface area contributed by atoms with Crippen LogP contribution in [0, 0.1) is 19.7 Å². The number of hydrogen-bond acceptors (Lipinski definition) is 6. The second-order valence-corrected chi connectivity index (χ2v) is 7.87. The first-order valence-corrected chi connectivity index (χ1v) is 10.2. The van der Waals surface area contributed by atoms with E-state index in [0.29, 0.717) is 17.1 Å². The molecule has 0 aliphatic rings. The molecule has 6 nitrogen and oxygen atoms in total. The summed E-state index contributed by atoms with van der Waals surface area (Å²) in [6, 6.07) is 11.4. The molecule has 0 bridgehead atoms. The van der Waals surface area contributed by atoms with Crippen molar-refractivity contribution in [3.05, 3.63) is 76.4 Å². The Morgan fingerprint density at radius 3 is 2.63 bits per heavy atom. The van der Waals surface area contributed by atoms with Crippen molar-refractivity contribution in [2.75, 3.05) is 0 Å². The lowest BCUT2D eigenvalue weighted by molar-refractivity contribution is 0.0928. The quantitative estimate of drug-likeness (QED) is 0.484. The maximum Gasteiger partial charge on any atom is 0.271 e. The Morgan fingerprint density at radius 2 is 1.90 bits per heavy atom. The van der Waals surface area contributed by atoms with E-state index in [1.807, 2.05) is 26.0 Å². The Hall–Kier alpha value is -3.39. The lowest BCUT2D eigenvalue weighted by atomic mass is 10.1. The first-order valence-electron chi connectivity index (χ1n) is 9.34. The van der Waals surface area contributed by atoms with E-state index in [9.17, 15) is 9.18 Å². The fourth-order valence-corrected chi connectivity index (χ4v) is 3.90. The molecule has 0 spiro atoms. The molecule has 2 aromatic heterocycles. The Bertz CT molecular complexity index is 1200. The van der Waals surface area contributed by atoms with E-state index < -0.39 is 6.04 Å². The van der Waals surface area contributed by atoms with Gasteiger partial charge in [0.25, 0.3) is 5.91 Å². The topological polar surface area (TPSA) is 80.9 Å². The van der Waals surface area contributed by atoms with E-state index >= 15 is 0 Å². The zero-order valence-corrected chi connectivity index (χ0v) is 17.5. The number of carbonyl (C=O) groups is 1. The zero-order valence-electron chi connectivity index (χ0n) is 16.6. The van der Waals surface area contributed by atoms with Crippen molar-refractivity contribution >= 4 is 17.2 Å². The highest BCUT2D eigenvalue weighted by molar-refractivity contribution is 7.13. The van der Waals surface area contributed by atoms with Gasteiger partial charge < -0.3 is 9.84 Å². The lowest BCUT2D eigenvalue weighted by Gasteiger charge is -2.08. The maximum absolute atomic E-state index is 13.1. The van der Waals surface area contributed by atoms with Gasteiger partial charge in [-0.3, -0.25) is 4.79 Å². The molecule has 1 unspecified atom stereocenters. The number of nitrogens with zero attached hydrogens (tertiary/aromatic N) is 3. The predicted molar refractivity (Wildman–Crippen MR) is 113 cm³/mol. The van der Waals surface area contributed by atoms with Crippen LogP contribution < -0.4 is 5.32 Å². The molecular weight excluding hydrogens is 403 g/mol. The third-order valence-electron chi connectivity index (χ3n) is 4.61. The lowest BCUT2D eigenvalue weighted by Crippen LogP contribution is -2.27. The molecule has 0 aliphatic carbocycles. The number of aryl methyl sites for hydroxylation is 2. The molecule has 152 valence electrons. The highest BCUT2D eigenvalue weighted by atomic mass is 32.1. The highest BCUT2D eigenvalue weighted by Crippen LogP contribution is 2.28. The molecule has 4 aromatic rings. The fourth-order valence-electron chi connectivity index (χ4n) is 3.01. The van der Waals surface area contributed by atoms with Gasteiger partial charge in [-0.05, 0) is 50.6 Å². The normalized spacial score (nSPS) is 12.0. The van der Waals surface area contributed by atoms with E-state index in [4.69, 9.17) is 4.52 Å². The van der Waals surface area contributed by atoms with Crippen molar-refractivity contribution in [2.45, 2.75) is 26.8 Å². The van der Waals surface area contributed by atoms with Crippen molar-refractivity contribution in [3.63, 3.8) is 0 Å². The summed E-state index contributed by atoms with van der Waals surface area (Å²) < 4.78 is 18.3. The molecule has 1 N–H and O–H groups in total. The largest absolute Gasteiger partial charge is 0.339 e. The van der Waals surface area contributed by atoms with Crippen LogP contribution in [-0.4, -0.2) is 21.0 Å². The number of benzene rings is 2. The second kappa shape index (κ2) is 8.16. The molecule has 8 heteroatoms. The van der Waals surface area contributed by atoms with Crippen LogP contribution in [0.3, 0.4) is 0 Å². The number of carbonyl (C=O) groups excluding carboxylic acids is 1. The summed E-state index contributed by atoms with van der Waals surface area (Å²) in [6.45, 7) is 5.81. The summed E-state index contributed by atoms with van der Waals surface area (Å²) in [5.41, 5.74) is 4.27. The minimum absolute atomic E-state index is 0.257. The van der Waals surface area contributed by atoms with Gasteiger partial charge in [-0.1, -0.05) is 28.9 Å². The third kappa shape index (κ3) is 4.13. The van der Waals surface area contributed by atoms with Gasteiger partial charge in [0.1, 0.15) is 22.6 Å². The van der Waals surface area contributed by atoms with Crippen molar-refractivity contribution in [2.24, 2.45) is 0 Å². The Morgan fingerprint density at radius 1 is 1.13 bits per heavy atom. The van der Waals surface area contributed by atoms with Crippen LogP contribution in [0.25, 0.3) is 22.0 Å². The number of hydrogen-bond donors (Lipinski definition) is 1. The third-order valence-corrected chi connectivity index (χ3v) is 5.49. The van der Waals surface area contributed by atoms with Crippen molar-refractivity contribution < 1.29 is 13.7 Å². The van der Waals surface area contributed by atoms with Gasteiger partial charge in [0.05, 0.1) is 0 Å². The maximum atomic E-state index is 13.1. The number of nitrogens with one attached hydrogen (secondary N) is 1. The van der Waals surface area contributed by atoms with Crippen LogP contribution in [0.1, 0.15) is 40.5 Å². The molecule has 0 aliphatic heterocycles. The first kappa shape index (κ1) is 19.9.